The molecule has 0 bridgehead atoms. The lowest BCUT2D eigenvalue weighted by Gasteiger charge is -2.32. The van der Waals surface area contributed by atoms with Crippen LogP contribution in [0.15, 0.2) is 0 Å². The van der Waals surface area contributed by atoms with Crippen molar-refractivity contribution in [1.82, 2.24) is 10.2 Å². The molecular formula is C9H16N2O4S. The quantitative estimate of drug-likeness (QED) is 0.663. The van der Waals surface area contributed by atoms with E-state index in [4.69, 9.17) is 0 Å². The van der Waals surface area contributed by atoms with Gasteiger partial charge in [0.1, 0.15) is 4.75 Å². The predicted molar refractivity (Wildman–Crippen MR) is 58.5 cm³/mol. The molecule has 2 amide bonds. The van der Waals surface area contributed by atoms with E-state index in [1.165, 1.54) is 18.7 Å². The molecule has 0 saturated carbocycles. The zero-order valence-electron chi connectivity index (χ0n) is 9.61. The molecule has 0 unspecified atom stereocenters. The lowest BCUT2D eigenvalue weighted by atomic mass is 10.1. The number of amides is 2. The van der Waals surface area contributed by atoms with E-state index in [2.05, 4.69) is 5.32 Å². The van der Waals surface area contributed by atoms with E-state index in [0.29, 0.717) is 13.1 Å². The molecule has 0 aromatic rings. The number of piperazine rings is 1. The third-order valence-electron chi connectivity index (χ3n) is 2.77. The zero-order valence-corrected chi connectivity index (χ0v) is 10.4. The van der Waals surface area contributed by atoms with Crippen LogP contribution in [-0.2, 0) is 19.4 Å². The van der Waals surface area contributed by atoms with Gasteiger partial charge in [-0.25, -0.2) is 8.42 Å². The molecule has 1 saturated heterocycles. The summed E-state index contributed by atoms with van der Waals surface area (Å²) in [5.41, 5.74) is 0. The smallest absolute Gasteiger partial charge is 0.243 e. The predicted octanol–water partition coefficient (Wildman–Crippen LogP) is -1.23. The van der Waals surface area contributed by atoms with Crippen LogP contribution >= 0.6 is 0 Å². The number of sulfone groups is 1. The Kier molecular flexibility index (Phi) is 3.27. The highest BCUT2D eigenvalue weighted by molar-refractivity contribution is 7.92. The van der Waals surface area contributed by atoms with Crippen molar-refractivity contribution in [3.63, 3.8) is 0 Å². The lowest BCUT2D eigenvalue weighted by molar-refractivity contribution is -0.139. The van der Waals surface area contributed by atoms with Gasteiger partial charge in [-0.1, -0.05) is 0 Å². The minimum Gasteiger partial charge on any atom is -0.353 e. The Bertz CT molecular complexity index is 413. The number of hydrogen-bond acceptors (Lipinski definition) is 4. The molecule has 1 aliphatic rings. The second-order valence-electron chi connectivity index (χ2n) is 4.36. The number of nitrogens with one attached hydrogen (secondary N) is 1. The average molecular weight is 248 g/mol. The number of hydrogen-bond donors (Lipinski definition) is 1. The van der Waals surface area contributed by atoms with E-state index < -0.39 is 20.5 Å². The van der Waals surface area contributed by atoms with E-state index in [1.54, 1.807) is 0 Å². The van der Waals surface area contributed by atoms with Gasteiger partial charge in [-0.2, -0.15) is 0 Å². The standard InChI is InChI=1S/C9H16N2O4S/c1-9(2,16(3,14)15)8(13)11-5-4-10-7(12)6-11/h4-6H2,1-3H3,(H,10,12). The van der Waals surface area contributed by atoms with Crippen LogP contribution in [0.25, 0.3) is 0 Å². The third-order valence-corrected chi connectivity index (χ3v) is 4.80. The highest BCUT2D eigenvalue weighted by Gasteiger charge is 2.42. The summed E-state index contributed by atoms with van der Waals surface area (Å²) in [6.45, 7) is 3.36. The van der Waals surface area contributed by atoms with Crippen LogP contribution in [0.2, 0.25) is 0 Å². The maximum absolute atomic E-state index is 12.0. The van der Waals surface area contributed by atoms with Crippen LogP contribution in [0.5, 0.6) is 0 Å². The molecule has 92 valence electrons. The molecule has 1 N–H and O–H groups in total. The first kappa shape index (κ1) is 13.0. The van der Waals surface area contributed by atoms with Gasteiger partial charge in [-0.05, 0) is 13.8 Å². The summed E-state index contributed by atoms with van der Waals surface area (Å²) in [6.07, 6.45) is 1.02. The Morgan fingerprint density at radius 3 is 2.44 bits per heavy atom. The van der Waals surface area contributed by atoms with Crippen molar-refractivity contribution in [2.75, 3.05) is 25.9 Å². The van der Waals surface area contributed by atoms with Crippen LogP contribution in [-0.4, -0.2) is 55.8 Å². The molecule has 0 atom stereocenters. The SMILES string of the molecule is CC(C)(C(=O)N1CCNC(=O)C1)S(C)(=O)=O. The van der Waals surface area contributed by atoms with Crippen LogP contribution < -0.4 is 5.32 Å². The molecule has 0 aromatic heterocycles. The lowest BCUT2D eigenvalue weighted by Crippen LogP contribution is -2.57. The summed E-state index contributed by atoms with van der Waals surface area (Å²) >= 11 is 0. The molecule has 0 aliphatic carbocycles. The Morgan fingerprint density at radius 1 is 1.44 bits per heavy atom. The molecule has 1 aliphatic heterocycles. The normalized spacial score (nSPS) is 18.2. The number of carbonyl (C=O) groups excluding carboxylic acids is 2. The van der Waals surface area contributed by atoms with Crippen molar-refractivity contribution in [3.8, 4) is 0 Å². The van der Waals surface area contributed by atoms with E-state index >= 15 is 0 Å². The second-order valence-corrected chi connectivity index (χ2v) is 6.92. The maximum Gasteiger partial charge on any atom is 0.243 e. The van der Waals surface area contributed by atoms with E-state index in [9.17, 15) is 18.0 Å². The van der Waals surface area contributed by atoms with Crippen LogP contribution in [0.4, 0.5) is 0 Å². The molecule has 0 radical (unpaired) electrons. The molecule has 7 heteroatoms. The average Bonchev–Trinajstić information content (AvgIpc) is 2.14. The summed E-state index contributed by atoms with van der Waals surface area (Å²) in [5, 5.41) is 2.57. The van der Waals surface area contributed by atoms with Crippen molar-refractivity contribution < 1.29 is 18.0 Å². The molecule has 16 heavy (non-hydrogen) atoms. The monoisotopic (exact) mass is 248 g/mol. The van der Waals surface area contributed by atoms with Gasteiger partial charge < -0.3 is 10.2 Å². The van der Waals surface area contributed by atoms with Gasteiger partial charge in [-0.3, -0.25) is 9.59 Å². The van der Waals surface area contributed by atoms with Gasteiger partial charge in [0.2, 0.25) is 11.8 Å². The molecular weight excluding hydrogens is 232 g/mol. The fourth-order valence-electron chi connectivity index (χ4n) is 1.35. The first-order valence-corrected chi connectivity index (χ1v) is 6.81. The van der Waals surface area contributed by atoms with Crippen molar-refractivity contribution in [2.24, 2.45) is 0 Å². The van der Waals surface area contributed by atoms with Gasteiger partial charge in [-0.15, -0.1) is 0 Å². The number of carbonyl (C=O) groups is 2. The first-order chi connectivity index (χ1) is 7.16. The zero-order chi connectivity index (χ0) is 12.6. The minimum atomic E-state index is -3.49. The fraction of sp³-hybridized carbons (Fsp3) is 0.778. The third kappa shape index (κ3) is 2.34. The largest absolute Gasteiger partial charge is 0.353 e. The maximum atomic E-state index is 12.0. The van der Waals surface area contributed by atoms with Gasteiger partial charge in [0.15, 0.2) is 9.84 Å². The minimum absolute atomic E-state index is 0.0716. The highest BCUT2D eigenvalue weighted by atomic mass is 32.2. The van der Waals surface area contributed by atoms with Crippen molar-refractivity contribution in [2.45, 2.75) is 18.6 Å². The van der Waals surface area contributed by atoms with Crippen LogP contribution in [0, 0.1) is 0 Å². The van der Waals surface area contributed by atoms with E-state index in [0.717, 1.165) is 6.26 Å². The van der Waals surface area contributed by atoms with Crippen LogP contribution in [0.3, 0.4) is 0 Å². The van der Waals surface area contributed by atoms with Crippen molar-refractivity contribution in [1.29, 1.82) is 0 Å². The highest BCUT2D eigenvalue weighted by Crippen LogP contribution is 2.18. The van der Waals surface area contributed by atoms with E-state index in [-0.39, 0.29) is 12.5 Å². The summed E-state index contributed by atoms with van der Waals surface area (Å²) < 4.78 is 21.5. The molecule has 0 spiro atoms. The van der Waals surface area contributed by atoms with E-state index in [1.807, 2.05) is 0 Å². The molecule has 1 rings (SSSR count). The number of nitrogens with zero attached hydrogens (tertiary/aromatic N) is 1. The van der Waals surface area contributed by atoms with Crippen molar-refractivity contribution >= 4 is 21.7 Å². The Hall–Kier alpha value is -1.11. The number of rotatable bonds is 2. The van der Waals surface area contributed by atoms with Gasteiger partial charge in [0, 0.05) is 19.3 Å². The van der Waals surface area contributed by atoms with Crippen molar-refractivity contribution in [3.05, 3.63) is 0 Å². The van der Waals surface area contributed by atoms with Gasteiger partial charge >= 0.3 is 0 Å². The molecule has 1 fully saturated rings. The Labute approximate surface area is 94.9 Å². The Balaban J connectivity index is 2.89. The summed E-state index contributed by atoms with van der Waals surface area (Å²) in [4.78, 5) is 24.4. The molecule has 0 aromatic carbocycles. The van der Waals surface area contributed by atoms with Gasteiger partial charge in [0.05, 0.1) is 6.54 Å². The second kappa shape index (κ2) is 4.04. The summed E-state index contributed by atoms with van der Waals surface area (Å²) in [6, 6.07) is 0. The molecule has 6 nitrogen and oxygen atoms in total. The first-order valence-electron chi connectivity index (χ1n) is 4.92. The summed E-state index contributed by atoms with van der Waals surface area (Å²) in [7, 11) is -3.49. The van der Waals surface area contributed by atoms with Crippen LogP contribution in [0.1, 0.15) is 13.8 Å². The molecule has 1 heterocycles. The topological polar surface area (TPSA) is 83.6 Å². The summed E-state index contributed by atoms with van der Waals surface area (Å²) in [5.74, 6) is -0.784. The van der Waals surface area contributed by atoms with Gasteiger partial charge in [0.25, 0.3) is 0 Å². The fourth-order valence-corrected chi connectivity index (χ4v) is 1.80. The Morgan fingerprint density at radius 2 is 2.00 bits per heavy atom.